The number of sulfonamides is 1. The zero-order valence-corrected chi connectivity index (χ0v) is 17.6. The van der Waals surface area contributed by atoms with Crippen molar-refractivity contribution in [2.24, 2.45) is 4.40 Å². The molecule has 0 aliphatic heterocycles. The van der Waals surface area contributed by atoms with Gasteiger partial charge in [0.05, 0.1) is 19.1 Å². The molecule has 0 saturated carbocycles. The van der Waals surface area contributed by atoms with Crippen molar-refractivity contribution in [1.29, 1.82) is 0 Å². The van der Waals surface area contributed by atoms with E-state index in [9.17, 15) is 13.2 Å². The average Bonchev–Trinajstić information content (AvgIpc) is 2.77. The smallest absolute Gasteiger partial charge is 0.283 e. The number of ketones is 1. The zero-order valence-electron chi connectivity index (χ0n) is 16.8. The number of nitrogens with zero attached hydrogens (tertiary/aromatic N) is 1. The summed E-state index contributed by atoms with van der Waals surface area (Å²) >= 11 is 0. The molecule has 3 aromatic carbocycles. The first-order valence-electron chi connectivity index (χ1n) is 9.09. The summed E-state index contributed by atoms with van der Waals surface area (Å²) in [7, 11) is -1.05. The molecule has 0 atom stereocenters. The predicted octanol–water partition coefficient (Wildman–Crippen LogP) is 4.07. The van der Waals surface area contributed by atoms with Crippen LogP contribution in [0.3, 0.4) is 0 Å². The van der Waals surface area contributed by atoms with E-state index in [2.05, 4.69) is 4.40 Å². The Kier molecular flexibility index (Phi) is 6.32. The highest BCUT2D eigenvalue weighted by molar-refractivity contribution is 7.90. The second-order valence-corrected chi connectivity index (χ2v) is 8.12. The molecule has 154 valence electrons. The van der Waals surface area contributed by atoms with Gasteiger partial charge >= 0.3 is 0 Å². The average molecular weight is 423 g/mol. The van der Waals surface area contributed by atoms with E-state index in [0.717, 1.165) is 5.56 Å². The largest absolute Gasteiger partial charge is 0.497 e. The number of hydrogen-bond donors (Lipinski definition) is 0. The van der Waals surface area contributed by atoms with E-state index in [1.54, 1.807) is 60.7 Å². The summed E-state index contributed by atoms with van der Waals surface area (Å²) in [6.07, 6.45) is 0. The van der Waals surface area contributed by atoms with Gasteiger partial charge in [0.15, 0.2) is 0 Å². The van der Waals surface area contributed by atoms with Crippen LogP contribution in [-0.4, -0.2) is 34.1 Å². The third-order valence-corrected chi connectivity index (χ3v) is 5.75. The monoisotopic (exact) mass is 423 g/mol. The maximum atomic E-state index is 13.2. The normalized spacial score (nSPS) is 11.8. The maximum absolute atomic E-state index is 13.2. The molecule has 6 nitrogen and oxygen atoms in total. The molecular weight excluding hydrogens is 402 g/mol. The van der Waals surface area contributed by atoms with Crippen molar-refractivity contribution >= 4 is 21.5 Å². The Labute approximate surface area is 175 Å². The topological polar surface area (TPSA) is 82.0 Å². The quantitative estimate of drug-likeness (QED) is 0.423. The Hall–Kier alpha value is -3.45. The van der Waals surface area contributed by atoms with Gasteiger partial charge in [-0.1, -0.05) is 17.7 Å². The second-order valence-electron chi connectivity index (χ2n) is 6.51. The Morgan fingerprint density at radius 3 is 1.67 bits per heavy atom. The highest BCUT2D eigenvalue weighted by atomic mass is 32.2. The van der Waals surface area contributed by atoms with E-state index in [4.69, 9.17) is 9.47 Å². The second kappa shape index (κ2) is 8.92. The van der Waals surface area contributed by atoms with Gasteiger partial charge in [-0.05, 0) is 67.6 Å². The Balaban J connectivity index is 2.11. The molecule has 0 aliphatic rings. The number of Topliss-reactive ketones (excluding diaryl/α,β-unsaturated/α-hetero) is 1. The van der Waals surface area contributed by atoms with E-state index >= 15 is 0 Å². The summed E-state index contributed by atoms with van der Waals surface area (Å²) in [6.45, 7) is 1.86. The van der Waals surface area contributed by atoms with Crippen molar-refractivity contribution in [2.75, 3.05) is 14.2 Å². The zero-order chi connectivity index (χ0) is 21.7. The minimum absolute atomic E-state index is 0.0154. The number of carbonyl (C=O) groups is 1. The molecule has 0 fully saturated rings. The fraction of sp³-hybridized carbons (Fsp3) is 0.130. The van der Waals surface area contributed by atoms with E-state index in [1.165, 1.54) is 26.4 Å². The van der Waals surface area contributed by atoms with E-state index in [0.29, 0.717) is 22.6 Å². The summed E-state index contributed by atoms with van der Waals surface area (Å²) < 4.78 is 40.0. The van der Waals surface area contributed by atoms with Crippen LogP contribution in [0.2, 0.25) is 0 Å². The Bertz CT molecular complexity index is 1160. The first-order chi connectivity index (χ1) is 14.3. The molecule has 3 rings (SSSR count). The van der Waals surface area contributed by atoms with Crippen molar-refractivity contribution in [3.05, 3.63) is 89.5 Å². The van der Waals surface area contributed by atoms with Crippen LogP contribution in [0.15, 0.2) is 82.1 Å². The lowest BCUT2D eigenvalue weighted by Gasteiger charge is -2.09. The number of ether oxygens (including phenoxy) is 2. The van der Waals surface area contributed by atoms with Gasteiger partial charge in [0.2, 0.25) is 5.78 Å². The lowest BCUT2D eigenvalue weighted by Crippen LogP contribution is -2.18. The van der Waals surface area contributed by atoms with Crippen LogP contribution in [0.1, 0.15) is 21.5 Å². The van der Waals surface area contributed by atoms with Gasteiger partial charge in [-0.3, -0.25) is 4.79 Å². The number of rotatable bonds is 7. The highest BCUT2D eigenvalue weighted by Gasteiger charge is 2.22. The van der Waals surface area contributed by atoms with Gasteiger partial charge in [0, 0.05) is 11.1 Å². The molecule has 30 heavy (non-hydrogen) atoms. The van der Waals surface area contributed by atoms with Crippen molar-refractivity contribution < 1.29 is 22.7 Å². The molecule has 0 bridgehead atoms. The number of aryl methyl sites for hydroxylation is 1. The Morgan fingerprint density at radius 1 is 0.733 bits per heavy atom. The molecule has 0 radical (unpaired) electrons. The summed E-state index contributed by atoms with van der Waals surface area (Å²) in [6, 6.07) is 19.2. The molecule has 7 heteroatoms. The lowest BCUT2D eigenvalue weighted by molar-refractivity contribution is 0.106. The van der Waals surface area contributed by atoms with Gasteiger partial charge < -0.3 is 9.47 Å². The fourth-order valence-electron chi connectivity index (χ4n) is 2.74. The minimum atomic E-state index is -4.09. The van der Waals surface area contributed by atoms with Crippen molar-refractivity contribution in [1.82, 2.24) is 0 Å². The standard InChI is InChI=1S/C23H21NO5S/c1-16-4-14-21(15-5-16)30(26,27)24-22(17-6-10-19(28-2)11-7-17)23(25)18-8-12-20(29-3)13-9-18/h4-15H,1-3H3/b24-22-. The molecule has 0 spiro atoms. The lowest BCUT2D eigenvalue weighted by atomic mass is 10.0. The summed E-state index contributed by atoms with van der Waals surface area (Å²) in [5, 5.41) is 0. The molecule has 0 amide bonds. The minimum Gasteiger partial charge on any atom is -0.497 e. The summed E-state index contributed by atoms with van der Waals surface area (Å²) in [5.41, 5.74) is 1.41. The summed E-state index contributed by atoms with van der Waals surface area (Å²) in [4.78, 5) is 13.2. The van der Waals surface area contributed by atoms with E-state index in [-0.39, 0.29) is 10.6 Å². The summed E-state index contributed by atoms with van der Waals surface area (Å²) in [5.74, 6) is 0.650. The fourth-order valence-corrected chi connectivity index (χ4v) is 3.75. The van der Waals surface area contributed by atoms with Crippen LogP contribution in [-0.2, 0) is 10.0 Å². The molecular formula is C23H21NO5S. The number of benzene rings is 3. The van der Waals surface area contributed by atoms with E-state index < -0.39 is 15.8 Å². The third kappa shape index (κ3) is 4.75. The van der Waals surface area contributed by atoms with Crippen LogP contribution in [0.5, 0.6) is 11.5 Å². The third-order valence-electron chi connectivity index (χ3n) is 4.46. The molecule has 0 aromatic heterocycles. The van der Waals surface area contributed by atoms with Crippen molar-refractivity contribution in [3.63, 3.8) is 0 Å². The number of carbonyl (C=O) groups excluding carboxylic acids is 1. The number of methoxy groups -OCH3 is 2. The van der Waals surface area contributed by atoms with Crippen LogP contribution >= 0.6 is 0 Å². The van der Waals surface area contributed by atoms with Crippen molar-refractivity contribution in [3.8, 4) is 11.5 Å². The first kappa shape index (κ1) is 21.3. The van der Waals surface area contributed by atoms with Crippen LogP contribution < -0.4 is 9.47 Å². The van der Waals surface area contributed by atoms with Gasteiger partial charge in [-0.25, -0.2) is 0 Å². The maximum Gasteiger partial charge on any atom is 0.283 e. The Morgan fingerprint density at radius 2 is 1.20 bits per heavy atom. The molecule has 3 aromatic rings. The van der Waals surface area contributed by atoms with Crippen LogP contribution in [0, 0.1) is 6.92 Å². The first-order valence-corrected chi connectivity index (χ1v) is 10.5. The van der Waals surface area contributed by atoms with Gasteiger partial charge in [0.25, 0.3) is 10.0 Å². The molecule has 0 heterocycles. The van der Waals surface area contributed by atoms with Gasteiger partial charge in [-0.15, -0.1) is 0 Å². The van der Waals surface area contributed by atoms with Gasteiger partial charge in [-0.2, -0.15) is 12.8 Å². The molecule has 0 N–H and O–H groups in total. The van der Waals surface area contributed by atoms with Crippen LogP contribution in [0.4, 0.5) is 0 Å². The van der Waals surface area contributed by atoms with Crippen molar-refractivity contribution in [2.45, 2.75) is 11.8 Å². The predicted molar refractivity (Wildman–Crippen MR) is 115 cm³/mol. The molecule has 0 unspecified atom stereocenters. The highest BCUT2D eigenvalue weighted by Crippen LogP contribution is 2.20. The van der Waals surface area contributed by atoms with E-state index in [1.807, 2.05) is 6.92 Å². The van der Waals surface area contributed by atoms with Crippen LogP contribution in [0.25, 0.3) is 0 Å². The molecule has 0 saturated heterocycles. The van der Waals surface area contributed by atoms with Gasteiger partial charge in [0.1, 0.15) is 17.2 Å². The molecule has 0 aliphatic carbocycles. The number of hydrogen-bond acceptors (Lipinski definition) is 5. The SMILES string of the molecule is COc1ccc(C(=O)/C(=N\S(=O)(=O)c2ccc(C)cc2)c2ccc(OC)cc2)cc1.